The van der Waals surface area contributed by atoms with Crippen molar-refractivity contribution in [1.29, 1.82) is 0 Å². The Hall–Kier alpha value is -0.580. The quantitative estimate of drug-likeness (QED) is 0.549. The van der Waals surface area contributed by atoms with Crippen LogP contribution in [-0.4, -0.2) is 41.8 Å². The van der Waals surface area contributed by atoms with Crippen molar-refractivity contribution in [2.75, 3.05) is 20.2 Å². The number of halogens is 1. The Morgan fingerprint density at radius 2 is 2.08 bits per heavy atom. The van der Waals surface area contributed by atoms with Crippen molar-refractivity contribution in [2.24, 2.45) is 0 Å². The molecule has 0 bridgehead atoms. The van der Waals surface area contributed by atoms with E-state index >= 15 is 0 Å². The van der Waals surface area contributed by atoms with Crippen LogP contribution >= 0.6 is 15.9 Å². The van der Waals surface area contributed by atoms with Crippen molar-refractivity contribution < 1.29 is 14.3 Å². The third kappa shape index (κ3) is 4.26. The lowest BCUT2D eigenvalue weighted by Crippen LogP contribution is -2.39. The van der Waals surface area contributed by atoms with Gasteiger partial charge in [-0.2, -0.15) is 0 Å². The minimum Gasteiger partial charge on any atom is -0.468 e. The SMILES string of the molecule is CCN(CC(=O)OC)C(=O)C(C)Br. The molecule has 5 heteroatoms. The Balaban J connectivity index is 4.18. The monoisotopic (exact) mass is 251 g/mol. The summed E-state index contributed by atoms with van der Waals surface area (Å²) in [6, 6.07) is 0. The second-order valence-corrected chi connectivity index (χ2v) is 3.92. The van der Waals surface area contributed by atoms with Crippen molar-refractivity contribution in [1.82, 2.24) is 4.90 Å². The molecular weight excluding hydrogens is 238 g/mol. The van der Waals surface area contributed by atoms with Crippen LogP contribution in [0.25, 0.3) is 0 Å². The first-order valence-electron chi connectivity index (χ1n) is 4.02. The summed E-state index contributed by atoms with van der Waals surface area (Å²) in [7, 11) is 1.30. The summed E-state index contributed by atoms with van der Waals surface area (Å²) >= 11 is 3.15. The molecule has 0 aliphatic rings. The molecule has 0 aliphatic carbocycles. The predicted molar refractivity (Wildman–Crippen MR) is 52.7 cm³/mol. The van der Waals surface area contributed by atoms with E-state index < -0.39 is 5.97 Å². The van der Waals surface area contributed by atoms with E-state index in [0.29, 0.717) is 6.54 Å². The van der Waals surface area contributed by atoms with Gasteiger partial charge in [0.2, 0.25) is 5.91 Å². The molecule has 0 aromatic carbocycles. The number of carbonyl (C=O) groups is 2. The number of carbonyl (C=O) groups excluding carboxylic acids is 2. The van der Waals surface area contributed by atoms with Crippen LogP contribution in [0, 0.1) is 0 Å². The van der Waals surface area contributed by atoms with Gasteiger partial charge in [-0.05, 0) is 13.8 Å². The summed E-state index contributed by atoms with van der Waals surface area (Å²) in [5.74, 6) is -0.503. The summed E-state index contributed by atoms with van der Waals surface area (Å²) < 4.78 is 4.46. The van der Waals surface area contributed by atoms with E-state index in [1.54, 1.807) is 6.92 Å². The number of nitrogens with zero attached hydrogens (tertiary/aromatic N) is 1. The first-order chi connectivity index (χ1) is 6.02. The second kappa shape index (κ2) is 5.96. The topological polar surface area (TPSA) is 46.6 Å². The Labute approximate surface area is 86.4 Å². The smallest absolute Gasteiger partial charge is 0.325 e. The third-order valence-electron chi connectivity index (χ3n) is 1.58. The maximum absolute atomic E-state index is 11.4. The zero-order chi connectivity index (χ0) is 10.4. The van der Waals surface area contributed by atoms with Gasteiger partial charge in [0.05, 0.1) is 11.9 Å². The third-order valence-corrected chi connectivity index (χ3v) is 1.97. The van der Waals surface area contributed by atoms with Gasteiger partial charge in [0.25, 0.3) is 0 Å². The molecule has 0 saturated carbocycles. The van der Waals surface area contributed by atoms with Crippen LogP contribution in [0.4, 0.5) is 0 Å². The standard InChI is InChI=1S/C8H14BrNO3/c1-4-10(5-7(11)13-3)8(12)6(2)9/h6H,4-5H2,1-3H3. The lowest BCUT2D eigenvalue weighted by Gasteiger charge is -2.20. The van der Waals surface area contributed by atoms with Crippen LogP contribution in [0.2, 0.25) is 0 Å². The van der Waals surface area contributed by atoms with Gasteiger partial charge in [-0.15, -0.1) is 0 Å². The second-order valence-electron chi connectivity index (χ2n) is 2.54. The van der Waals surface area contributed by atoms with E-state index in [0.717, 1.165) is 0 Å². The molecule has 0 spiro atoms. The minimum atomic E-state index is -0.400. The summed E-state index contributed by atoms with van der Waals surface area (Å²) in [5, 5.41) is 0. The Kier molecular flexibility index (Phi) is 5.70. The van der Waals surface area contributed by atoms with Crippen LogP contribution < -0.4 is 0 Å². The molecule has 0 saturated heterocycles. The summed E-state index contributed by atoms with van der Waals surface area (Å²) in [4.78, 5) is 23.4. The largest absolute Gasteiger partial charge is 0.468 e. The molecule has 1 unspecified atom stereocenters. The Morgan fingerprint density at radius 1 is 1.54 bits per heavy atom. The van der Waals surface area contributed by atoms with Gasteiger partial charge in [-0.1, -0.05) is 15.9 Å². The van der Waals surface area contributed by atoms with Crippen LogP contribution in [-0.2, 0) is 14.3 Å². The average molecular weight is 252 g/mol. The van der Waals surface area contributed by atoms with Gasteiger partial charge >= 0.3 is 5.97 Å². The number of alkyl halides is 1. The number of amides is 1. The number of rotatable bonds is 4. The molecular formula is C8H14BrNO3. The van der Waals surface area contributed by atoms with Crippen molar-refractivity contribution in [3.8, 4) is 0 Å². The molecule has 4 nitrogen and oxygen atoms in total. The van der Waals surface area contributed by atoms with Crippen molar-refractivity contribution in [3.05, 3.63) is 0 Å². The van der Waals surface area contributed by atoms with Crippen LogP contribution in [0.15, 0.2) is 0 Å². The highest BCUT2D eigenvalue weighted by Gasteiger charge is 2.19. The Morgan fingerprint density at radius 3 is 2.38 bits per heavy atom. The van der Waals surface area contributed by atoms with E-state index in [2.05, 4.69) is 20.7 Å². The number of likely N-dealkylation sites (N-methyl/N-ethyl adjacent to an activating group) is 1. The van der Waals surface area contributed by atoms with Crippen LogP contribution in [0.1, 0.15) is 13.8 Å². The van der Waals surface area contributed by atoms with Gasteiger partial charge in [-0.25, -0.2) is 0 Å². The highest BCUT2D eigenvalue weighted by molar-refractivity contribution is 9.10. The van der Waals surface area contributed by atoms with E-state index in [1.807, 2.05) is 6.92 Å². The predicted octanol–water partition coefficient (Wildman–Crippen LogP) is 0.791. The fourth-order valence-corrected chi connectivity index (χ4v) is 1.11. The van der Waals surface area contributed by atoms with E-state index in [9.17, 15) is 9.59 Å². The minimum absolute atomic E-state index is 0.0156. The number of hydrogen-bond acceptors (Lipinski definition) is 3. The zero-order valence-corrected chi connectivity index (χ0v) is 9.63. The molecule has 0 heterocycles. The fraction of sp³-hybridized carbons (Fsp3) is 0.750. The lowest BCUT2D eigenvalue weighted by molar-refractivity contribution is -0.146. The molecule has 0 rings (SSSR count). The summed E-state index contributed by atoms with van der Waals surface area (Å²) in [6.45, 7) is 4.06. The molecule has 0 fully saturated rings. The van der Waals surface area contributed by atoms with Gasteiger partial charge in [-0.3, -0.25) is 9.59 Å². The maximum Gasteiger partial charge on any atom is 0.325 e. The van der Waals surface area contributed by atoms with Gasteiger partial charge in [0.1, 0.15) is 6.54 Å². The molecule has 0 radical (unpaired) electrons. The summed E-state index contributed by atoms with van der Waals surface area (Å²) in [5.41, 5.74) is 0. The number of hydrogen-bond donors (Lipinski definition) is 0. The number of ether oxygens (including phenoxy) is 1. The first-order valence-corrected chi connectivity index (χ1v) is 4.94. The molecule has 1 atom stereocenters. The maximum atomic E-state index is 11.4. The van der Waals surface area contributed by atoms with Crippen LogP contribution in [0.5, 0.6) is 0 Å². The van der Waals surface area contributed by atoms with Gasteiger partial charge in [0.15, 0.2) is 0 Å². The zero-order valence-electron chi connectivity index (χ0n) is 8.04. The van der Waals surface area contributed by atoms with E-state index in [1.165, 1.54) is 12.0 Å². The van der Waals surface area contributed by atoms with Crippen molar-refractivity contribution in [2.45, 2.75) is 18.7 Å². The summed E-state index contributed by atoms with van der Waals surface area (Å²) in [6.07, 6.45) is 0. The molecule has 13 heavy (non-hydrogen) atoms. The highest BCUT2D eigenvalue weighted by atomic mass is 79.9. The normalized spacial score (nSPS) is 12.0. The average Bonchev–Trinajstić information content (AvgIpc) is 2.12. The highest BCUT2D eigenvalue weighted by Crippen LogP contribution is 2.03. The first kappa shape index (κ1) is 12.4. The molecule has 0 N–H and O–H groups in total. The fourth-order valence-electron chi connectivity index (χ4n) is 0.818. The number of methoxy groups -OCH3 is 1. The molecule has 1 amide bonds. The Bertz CT molecular complexity index is 194. The van der Waals surface area contributed by atoms with E-state index in [-0.39, 0.29) is 17.3 Å². The van der Waals surface area contributed by atoms with Gasteiger partial charge in [0, 0.05) is 6.54 Å². The molecule has 76 valence electrons. The van der Waals surface area contributed by atoms with E-state index in [4.69, 9.17) is 0 Å². The van der Waals surface area contributed by atoms with Gasteiger partial charge < -0.3 is 9.64 Å². The van der Waals surface area contributed by atoms with Crippen LogP contribution in [0.3, 0.4) is 0 Å². The number of esters is 1. The molecule has 0 aromatic heterocycles. The lowest BCUT2D eigenvalue weighted by atomic mass is 10.4. The molecule has 0 aromatic rings. The van der Waals surface area contributed by atoms with Crippen molar-refractivity contribution >= 4 is 27.8 Å². The molecule has 0 aliphatic heterocycles. The van der Waals surface area contributed by atoms with Crippen molar-refractivity contribution in [3.63, 3.8) is 0 Å².